The Morgan fingerprint density at radius 2 is 2.00 bits per heavy atom. The molecule has 0 aliphatic heterocycles. The van der Waals surface area contributed by atoms with Crippen LogP contribution in [0.2, 0.25) is 0 Å². The summed E-state index contributed by atoms with van der Waals surface area (Å²) in [6.45, 7) is 3.26. The molecule has 0 unspecified atom stereocenters. The minimum absolute atomic E-state index is 0.0517. The van der Waals surface area contributed by atoms with Gasteiger partial charge in [0.25, 0.3) is 10.0 Å². The Kier molecular flexibility index (Phi) is 4.33. The summed E-state index contributed by atoms with van der Waals surface area (Å²) in [6.07, 6.45) is 0. The Balaban J connectivity index is 2.44. The molecule has 0 aliphatic carbocycles. The van der Waals surface area contributed by atoms with Gasteiger partial charge < -0.3 is 9.84 Å². The molecule has 0 atom stereocenters. The van der Waals surface area contributed by atoms with E-state index in [1.165, 1.54) is 30.0 Å². The largest absolute Gasteiger partial charge is 0.496 e. The quantitative estimate of drug-likeness (QED) is 0.855. The van der Waals surface area contributed by atoms with E-state index in [9.17, 15) is 13.2 Å². The number of ether oxygens (including phenoxy) is 1. The van der Waals surface area contributed by atoms with E-state index in [1.54, 1.807) is 20.9 Å². The summed E-state index contributed by atoms with van der Waals surface area (Å²) in [4.78, 5) is 11.2. The van der Waals surface area contributed by atoms with Crippen LogP contribution in [-0.2, 0) is 17.1 Å². The lowest BCUT2D eigenvalue weighted by molar-refractivity contribution is 0.0693. The van der Waals surface area contributed by atoms with Crippen LogP contribution in [-0.4, -0.2) is 36.4 Å². The third-order valence-corrected chi connectivity index (χ3v) is 5.03. The van der Waals surface area contributed by atoms with Crippen LogP contribution in [0.5, 0.6) is 5.75 Å². The van der Waals surface area contributed by atoms with Crippen LogP contribution in [0.15, 0.2) is 23.1 Å². The number of hydrogen-bond donors (Lipinski definition) is 2. The molecule has 0 spiro atoms. The molecule has 2 rings (SSSR count). The van der Waals surface area contributed by atoms with Crippen LogP contribution < -0.4 is 9.46 Å². The highest BCUT2D eigenvalue weighted by Gasteiger charge is 2.24. The van der Waals surface area contributed by atoms with Crippen LogP contribution in [0.3, 0.4) is 0 Å². The van der Waals surface area contributed by atoms with E-state index < -0.39 is 16.0 Å². The Hall–Kier alpha value is -2.55. The zero-order valence-corrected chi connectivity index (χ0v) is 13.9. The van der Waals surface area contributed by atoms with Gasteiger partial charge in [-0.2, -0.15) is 5.10 Å². The SMILES string of the molecule is COc1cc(NS(=O)(=O)c2c(C)nn(C)c2C)ccc1C(=O)O. The van der Waals surface area contributed by atoms with Crippen molar-refractivity contribution in [2.45, 2.75) is 18.7 Å². The number of benzene rings is 1. The third-order valence-electron chi connectivity index (χ3n) is 3.40. The van der Waals surface area contributed by atoms with Crippen molar-refractivity contribution < 1.29 is 23.1 Å². The zero-order valence-electron chi connectivity index (χ0n) is 13.1. The summed E-state index contributed by atoms with van der Waals surface area (Å²) in [7, 11) is -0.875. The maximum absolute atomic E-state index is 12.6. The zero-order chi connectivity index (χ0) is 17.4. The van der Waals surface area contributed by atoms with Gasteiger partial charge in [-0.1, -0.05) is 0 Å². The lowest BCUT2D eigenvalue weighted by atomic mass is 10.2. The number of aromatic carboxylic acids is 1. The highest BCUT2D eigenvalue weighted by Crippen LogP contribution is 2.26. The maximum Gasteiger partial charge on any atom is 0.339 e. The maximum atomic E-state index is 12.6. The number of aromatic nitrogens is 2. The second-order valence-corrected chi connectivity index (χ2v) is 6.57. The average molecular weight is 339 g/mol. The molecule has 0 fully saturated rings. The van der Waals surface area contributed by atoms with Crippen LogP contribution >= 0.6 is 0 Å². The molecule has 0 aliphatic rings. The van der Waals surface area contributed by atoms with Gasteiger partial charge >= 0.3 is 5.97 Å². The van der Waals surface area contributed by atoms with Gasteiger partial charge in [-0.15, -0.1) is 0 Å². The molecule has 1 aromatic carbocycles. The number of nitrogens with zero attached hydrogens (tertiary/aromatic N) is 2. The Labute approximate surface area is 133 Å². The molecule has 8 nitrogen and oxygen atoms in total. The standard InChI is InChI=1S/C14H17N3O5S/c1-8-13(9(2)17(3)15-8)23(20,21)16-10-5-6-11(14(18)19)12(7-10)22-4/h5-7,16H,1-4H3,(H,18,19). The number of anilines is 1. The van der Waals surface area contributed by atoms with Crippen LogP contribution in [0.4, 0.5) is 5.69 Å². The van der Waals surface area contributed by atoms with Gasteiger partial charge in [0.2, 0.25) is 0 Å². The Morgan fingerprint density at radius 1 is 1.35 bits per heavy atom. The van der Waals surface area contributed by atoms with E-state index in [4.69, 9.17) is 9.84 Å². The van der Waals surface area contributed by atoms with Crippen molar-refractivity contribution in [1.82, 2.24) is 9.78 Å². The second-order valence-electron chi connectivity index (χ2n) is 4.95. The topological polar surface area (TPSA) is 111 Å². The minimum Gasteiger partial charge on any atom is -0.496 e. The number of methoxy groups -OCH3 is 1. The van der Waals surface area contributed by atoms with Crippen molar-refractivity contribution in [2.75, 3.05) is 11.8 Å². The van der Waals surface area contributed by atoms with Gasteiger partial charge in [-0.25, -0.2) is 13.2 Å². The first-order valence-corrected chi connectivity index (χ1v) is 8.10. The third kappa shape index (κ3) is 3.14. The molecule has 2 aromatic rings. The van der Waals surface area contributed by atoms with Crippen molar-refractivity contribution in [2.24, 2.45) is 7.05 Å². The Bertz CT molecular complexity index is 871. The van der Waals surface area contributed by atoms with E-state index >= 15 is 0 Å². The van der Waals surface area contributed by atoms with Gasteiger partial charge in [0.15, 0.2) is 0 Å². The first kappa shape index (κ1) is 16.8. The molecule has 23 heavy (non-hydrogen) atoms. The molecule has 2 N–H and O–H groups in total. The summed E-state index contributed by atoms with van der Waals surface area (Å²) < 4.78 is 34.0. The molecular formula is C14H17N3O5S. The number of carboxylic acid groups (broad SMARTS) is 1. The molecule has 0 bridgehead atoms. The average Bonchev–Trinajstić information content (AvgIpc) is 2.71. The molecular weight excluding hydrogens is 322 g/mol. The van der Waals surface area contributed by atoms with E-state index in [-0.39, 0.29) is 21.9 Å². The van der Waals surface area contributed by atoms with Crippen molar-refractivity contribution in [3.05, 3.63) is 35.2 Å². The highest BCUT2D eigenvalue weighted by molar-refractivity contribution is 7.92. The predicted octanol–water partition coefficient (Wildman–Crippen LogP) is 1.54. The summed E-state index contributed by atoms with van der Waals surface area (Å²) in [6, 6.07) is 3.97. The van der Waals surface area contributed by atoms with Crippen LogP contribution in [0.1, 0.15) is 21.7 Å². The molecule has 0 amide bonds. The fourth-order valence-electron chi connectivity index (χ4n) is 2.28. The second kappa shape index (κ2) is 5.92. The first-order chi connectivity index (χ1) is 10.7. The van der Waals surface area contributed by atoms with E-state index in [2.05, 4.69) is 9.82 Å². The molecule has 0 saturated heterocycles. The molecule has 0 saturated carbocycles. The van der Waals surface area contributed by atoms with Crippen molar-refractivity contribution in [3.63, 3.8) is 0 Å². The summed E-state index contributed by atoms with van der Waals surface area (Å²) in [5.74, 6) is -1.09. The van der Waals surface area contributed by atoms with Gasteiger partial charge in [-0.3, -0.25) is 9.40 Å². The van der Waals surface area contributed by atoms with Gasteiger partial charge in [0, 0.05) is 13.1 Å². The Morgan fingerprint density at radius 3 is 2.48 bits per heavy atom. The smallest absolute Gasteiger partial charge is 0.339 e. The fourth-order valence-corrected chi connectivity index (χ4v) is 3.77. The van der Waals surface area contributed by atoms with Gasteiger partial charge in [0.05, 0.1) is 24.2 Å². The van der Waals surface area contributed by atoms with Crippen molar-refractivity contribution in [3.8, 4) is 5.75 Å². The van der Waals surface area contributed by atoms with E-state index in [0.29, 0.717) is 11.4 Å². The monoisotopic (exact) mass is 339 g/mol. The van der Waals surface area contributed by atoms with Crippen molar-refractivity contribution >= 4 is 21.7 Å². The molecule has 9 heteroatoms. The molecule has 0 radical (unpaired) electrons. The number of aryl methyl sites for hydroxylation is 2. The minimum atomic E-state index is -3.85. The lowest BCUT2D eigenvalue weighted by Crippen LogP contribution is -2.15. The number of hydrogen-bond acceptors (Lipinski definition) is 5. The van der Waals surface area contributed by atoms with Crippen LogP contribution in [0, 0.1) is 13.8 Å². The van der Waals surface area contributed by atoms with Crippen molar-refractivity contribution in [1.29, 1.82) is 0 Å². The van der Waals surface area contributed by atoms with E-state index in [1.807, 2.05) is 0 Å². The summed E-state index contributed by atoms with van der Waals surface area (Å²) in [5.41, 5.74) is 1.04. The number of rotatable bonds is 5. The number of carbonyl (C=O) groups is 1. The summed E-state index contributed by atoms with van der Waals surface area (Å²) >= 11 is 0. The molecule has 124 valence electrons. The highest BCUT2D eigenvalue weighted by atomic mass is 32.2. The first-order valence-electron chi connectivity index (χ1n) is 6.61. The summed E-state index contributed by atoms with van der Waals surface area (Å²) in [5, 5.41) is 13.1. The number of carboxylic acids is 1. The predicted molar refractivity (Wildman–Crippen MR) is 83.4 cm³/mol. The number of nitrogens with one attached hydrogen (secondary N) is 1. The van der Waals surface area contributed by atoms with Gasteiger partial charge in [-0.05, 0) is 26.0 Å². The van der Waals surface area contributed by atoms with Crippen LogP contribution in [0.25, 0.3) is 0 Å². The molecule has 1 aromatic heterocycles. The fraction of sp³-hybridized carbons (Fsp3) is 0.286. The van der Waals surface area contributed by atoms with Gasteiger partial charge in [0.1, 0.15) is 16.2 Å². The van der Waals surface area contributed by atoms with E-state index in [0.717, 1.165) is 0 Å². The lowest BCUT2D eigenvalue weighted by Gasteiger charge is -2.11. The number of sulfonamides is 1. The molecule has 1 heterocycles. The normalized spacial score (nSPS) is 11.3.